The molecule has 0 aliphatic carbocycles. The second-order valence-electron chi connectivity index (χ2n) is 3.47. The number of benzene rings is 1. The minimum Gasteiger partial charge on any atom is -0.351 e. The van der Waals surface area contributed by atoms with Gasteiger partial charge in [-0.05, 0) is 17.7 Å². The second-order valence-corrected chi connectivity index (χ2v) is 3.47. The molecule has 0 saturated carbocycles. The predicted octanol–water partition coefficient (Wildman–Crippen LogP) is 3.02. The van der Waals surface area contributed by atoms with Crippen LogP contribution >= 0.6 is 0 Å². The van der Waals surface area contributed by atoms with Gasteiger partial charge in [-0.25, -0.2) is 9.79 Å². The third kappa shape index (κ3) is 2.21. The molecule has 6 heteroatoms. The second kappa shape index (κ2) is 4.07. The van der Waals surface area contributed by atoms with E-state index >= 15 is 0 Å². The minimum atomic E-state index is -4.41. The Bertz CT molecular complexity index is 594. The van der Waals surface area contributed by atoms with Crippen molar-refractivity contribution in [2.24, 2.45) is 4.99 Å². The number of rotatable bonds is 2. The summed E-state index contributed by atoms with van der Waals surface area (Å²) >= 11 is 0. The molecule has 88 valence electrons. The number of alkyl halides is 3. The molecule has 1 heterocycles. The summed E-state index contributed by atoms with van der Waals surface area (Å²) in [5.41, 5.74) is 0.114. The quantitative estimate of drug-likeness (QED) is 0.636. The summed E-state index contributed by atoms with van der Waals surface area (Å²) in [5, 5.41) is 0.416. The zero-order chi connectivity index (χ0) is 12.5. The number of aromatic nitrogens is 1. The highest BCUT2D eigenvalue weighted by atomic mass is 19.4. The fourth-order valence-corrected chi connectivity index (χ4v) is 1.63. The van der Waals surface area contributed by atoms with Crippen LogP contribution in [-0.2, 0) is 17.5 Å². The topological polar surface area (TPSA) is 45.2 Å². The van der Waals surface area contributed by atoms with Gasteiger partial charge in [-0.15, -0.1) is 0 Å². The van der Waals surface area contributed by atoms with Crippen molar-refractivity contribution >= 4 is 17.0 Å². The molecule has 0 saturated heterocycles. The molecule has 1 aromatic carbocycles. The average molecular weight is 240 g/mol. The van der Waals surface area contributed by atoms with Gasteiger partial charge in [-0.1, -0.05) is 12.1 Å². The van der Waals surface area contributed by atoms with Gasteiger partial charge in [0.15, 0.2) is 0 Å². The zero-order valence-corrected chi connectivity index (χ0v) is 8.51. The van der Waals surface area contributed by atoms with Gasteiger partial charge < -0.3 is 4.98 Å². The van der Waals surface area contributed by atoms with Crippen molar-refractivity contribution < 1.29 is 18.0 Å². The van der Waals surface area contributed by atoms with E-state index in [-0.39, 0.29) is 6.54 Å². The Kier molecular flexibility index (Phi) is 2.73. The van der Waals surface area contributed by atoms with E-state index in [9.17, 15) is 18.0 Å². The van der Waals surface area contributed by atoms with Crippen LogP contribution < -0.4 is 0 Å². The first-order valence-electron chi connectivity index (χ1n) is 4.74. The molecule has 1 N–H and O–H groups in total. The Hall–Kier alpha value is -2.07. The summed E-state index contributed by atoms with van der Waals surface area (Å²) in [5.74, 6) is 0. The zero-order valence-electron chi connectivity index (χ0n) is 8.51. The lowest BCUT2D eigenvalue weighted by atomic mass is 10.1. The number of halogens is 3. The molecular weight excluding hydrogens is 233 g/mol. The van der Waals surface area contributed by atoms with Crippen LogP contribution in [0.25, 0.3) is 10.9 Å². The summed E-state index contributed by atoms with van der Waals surface area (Å²) in [6, 6.07) is 5.79. The molecule has 1 aromatic heterocycles. The summed E-state index contributed by atoms with van der Waals surface area (Å²) in [4.78, 5) is 15.6. The molecular formula is C11H7F3N2O. The Morgan fingerprint density at radius 1 is 1.35 bits per heavy atom. The smallest absolute Gasteiger partial charge is 0.351 e. The van der Waals surface area contributed by atoms with E-state index in [0.29, 0.717) is 16.5 Å². The van der Waals surface area contributed by atoms with E-state index in [1.54, 1.807) is 18.2 Å². The molecule has 2 rings (SSSR count). The van der Waals surface area contributed by atoms with Crippen molar-refractivity contribution in [3.63, 3.8) is 0 Å². The fraction of sp³-hybridized carbons (Fsp3) is 0.182. The molecule has 0 radical (unpaired) electrons. The van der Waals surface area contributed by atoms with E-state index in [1.165, 1.54) is 6.08 Å². The van der Waals surface area contributed by atoms with Gasteiger partial charge in [-0.3, -0.25) is 0 Å². The van der Waals surface area contributed by atoms with E-state index in [1.807, 2.05) is 0 Å². The Morgan fingerprint density at radius 2 is 2.12 bits per heavy atom. The molecule has 2 aromatic rings. The third-order valence-corrected chi connectivity index (χ3v) is 2.37. The van der Waals surface area contributed by atoms with Gasteiger partial charge >= 0.3 is 6.18 Å². The number of carbonyl (C=O) groups excluding carboxylic acids is 1. The lowest BCUT2D eigenvalue weighted by Crippen LogP contribution is -2.04. The molecule has 0 amide bonds. The van der Waals surface area contributed by atoms with Gasteiger partial charge in [-0.2, -0.15) is 13.2 Å². The number of aromatic amines is 1. The van der Waals surface area contributed by atoms with Crippen molar-refractivity contribution in [2.75, 3.05) is 0 Å². The van der Waals surface area contributed by atoms with Gasteiger partial charge in [0.05, 0.1) is 6.54 Å². The number of H-pyrrole nitrogens is 1. The van der Waals surface area contributed by atoms with Crippen molar-refractivity contribution in [2.45, 2.75) is 12.7 Å². The highest BCUT2D eigenvalue weighted by molar-refractivity contribution is 5.84. The number of aliphatic imine (C=N–C) groups is 1. The summed E-state index contributed by atoms with van der Waals surface area (Å²) < 4.78 is 37.5. The van der Waals surface area contributed by atoms with E-state index in [2.05, 4.69) is 9.98 Å². The first-order valence-corrected chi connectivity index (χ1v) is 4.74. The van der Waals surface area contributed by atoms with Crippen LogP contribution in [0, 0.1) is 0 Å². The predicted molar refractivity (Wildman–Crippen MR) is 55.1 cm³/mol. The molecule has 0 unspecified atom stereocenters. The normalized spacial score (nSPS) is 11.5. The molecule has 3 nitrogen and oxygen atoms in total. The molecule has 0 bridgehead atoms. The van der Waals surface area contributed by atoms with Crippen LogP contribution in [0.4, 0.5) is 13.2 Å². The molecule has 0 fully saturated rings. The van der Waals surface area contributed by atoms with Crippen LogP contribution in [-0.4, -0.2) is 11.1 Å². The van der Waals surface area contributed by atoms with Gasteiger partial charge in [0.25, 0.3) is 0 Å². The van der Waals surface area contributed by atoms with Gasteiger partial charge in [0.2, 0.25) is 6.08 Å². The van der Waals surface area contributed by atoms with E-state index < -0.39 is 11.9 Å². The van der Waals surface area contributed by atoms with E-state index in [0.717, 1.165) is 6.07 Å². The van der Waals surface area contributed by atoms with Crippen molar-refractivity contribution in [3.8, 4) is 0 Å². The maximum atomic E-state index is 12.5. The van der Waals surface area contributed by atoms with Crippen LogP contribution in [0.1, 0.15) is 11.3 Å². The average Bonchev–Trinajstić information content (AvgIpc) is 2.70. The van der Waals surface area contributed by atoms with Crippen LogP contribution in [0.5, 0.6) is 0 Å². The first kappa shape index (κ1) is 11.4. The Morgan fingerprint density at radius 3 is 2.76 bits per heavy atom. The summed E-state index contributed by atoms with van der Waals surface area (Å²) in [7, 11) is 0. The van der Waals surface area contributed by atoms with Crippen LogP contribution in [0.15, 0.2) is 29.3 Å². The minimum absolute atomic E-state index is 0.0238. The lowest BCUT2D eigenvalue weighted by molar-refractivity contribution is -0.140. The molecule has 0 spiro atoms. The number of isocyanates is 1. The summed E-state index contributed by atoms with van der Waals surface area (Å²) in [6.45, 7) is 0.0238. The Labute approximate surface area is 94.0 Å². The van der Waals surface area contributed by atoms with Gasteiger partial charge in [0.1, 0.15) is 5.69 Å². The van der Waals surface area contributed by atoms with Crippen LogP contribution in [0.2, 0.25) is 0 Å². The molecule has 0 aliphatic rings. The Balaban J connectivity index is 2.56. The molecule has 0 aliphatic heterocycles. The maximum Gasteiger partial charge on any atom is 0.431 e. The first-order chi connectivity index (χ1) is 8.02. The number of nitrogens with zero attached hydrogens (tertiary/aromatic N) is 1. The van der Waals surface area contributed by atoms with E-state index in [4.69, 9.17) is 0 Å². The fourth-order valence-electron chi connectivity index (χ4n) is 1.63. The van der Waals surface area contributed by atoms with Crippen molar-refractivity contribution in [1.82, 2.24) is 4.98 Å². The van der Waals surface area contributed by atoms with Gasteiger partial charge in [0, 0.05) is 10.9 Å². The SMILES string of the molecule is O=C=NCc1cccc2[nH]c(C(F)(F)F)cc12. The highest BCUT2D eigenvalue weighted by Gasteiger charge is 2.32. The van der Waals surface area contributed by atoms with Crippen molar-refractivity contribution in [1.29, 1.82) is 0 Å². The summed E-state index contributed by atoms with van der Waals surface area (Å²) in [6.07, 6.45) is -3.05. The number of hydrogen-bond donors (Lipinski definition) is 1. The largest absolute Gasteiger partial charge is 0.431 e. The number of hydrogen-bond acceptors (Lipinski definition) is 2. The van der Waals surface area contributed by atoms with Crippen molar-refractivity contribution in [3.05, 3.63) is 35.5 Å². The lowest BCUT2D eigenvalue weighted by Gasteiger charge is -2.00. The third-order valence-electron chi connectivity index (χ3n) is 2.37. The monoisotopic (exact) mass is 240 g/mol. The standard InChI is InChI=1S/C11H7F3N2O/c12-11(13,14)10-4-8-7(5-15-6-17)2-1-3-9(8)16-10/h1-4,16H,5H2. The highest BCUT2D eigenvalue weighted by Crippen LogP contribution is 2.32. The van der Waals surface area contributed by atoms with Crippen LogP contribution in [0.3, 0.4) is 0 Å². The molecule has 0 atom stereocenters. The number of nitrogens with one attached hydrogen (secondary N) is 1. The maximum absolute atomic E-state index is 12.5. The number of fused-ring (bicyclic) bond motifs is 1. The molecule has 17 heavy (non-hydrogen) atoms.